The Morgan fingerprint density at radius 1 is 1.43 bits per heavy atom. The summed E-state index contributed by atoms with van der Waals surface area (Å²) in [6, 6.07) is 5.57. The number of nitrogens with zero attached hydrogens (tertiary/aromatic N) is 2. The highest BCUT2D eigenvalue weighted by Crippen LogP contribution is 2.34. The molecule has 2 bridgehead atoms. The highest BCUT2D eigenvalue weighted by molar-refractivity contribution is 5.83. The molecule has 2 saturated heterocycles. The van der Waals surface area contributed by atoms with E-state index >= 15 is 0 Å². The summed E-state index contributed by atoms with van der Waals surface area (Å²) in [5.74, 6) is 0.0930. The maximum atomic E-state index is 12.6. The predicted octanol–water partition coefficient (Wildman–Crippen LogP) is 2.32. The summed E-state index contributed by atoms with van der Waals surface area (Å²) in [4.78, 5) is 19.2. The molecule has 0 radical (unpaired) electrons. The zero-order valence-electron chi connectivity index (χ0n) is 13.0. The van der Waals surface area contributed by atoms with Crippen LogP contribution in [0.4, 0.5) is 0 Å². The van der Waals surface area contributed by atoms with E-state index < -0.39 is 0 Å². The first kappa shape index (κ1) is 14.5. The first-order valence-corrected chi connectivity index (χ1v) is 8.11. The minimum absolute atomic E-state index is 0.0731. The molecule has 1 aromatic rings. The SMILES string of the molecule is CCC(C(=O)NC1CC2CCC(C1)N2C)c1cccnc1. The molecule has 1 amide bonds. The van der Waals surface area contributed by atoms with Crippen molar-refractivity contribution in [2.24, 2.45) is 0 Å². The molecule has 2 aliphatic heterocycles. The molecule has 2 fully saturated rings. The molecule has 2 aliphatic rings. The van der Waals surface area contributed by atoms with Crippen molar-refractivity contribution in [1.82, 2.24) is 15.2 Å². The van der Waals surface area contributed by atoms with Crippen molar-refractivity contribution in [2.45, 2.75) is 63.1 Å². The largest absolute Gasteiger partial charge is 0.353 e. The van der Waals surface area contributed by atoms with E-state index in [2.05, 4.69) is 29.2 Å². The third-order valence-electron chi connectivity index (χ3n) is 5.26. The quantitative estimate of drug-likeness (QED) is 0.924. The Morgan fingerprint density at radius 3 is 2.71 bits per heavy atom. The van der Waals surface area contributed by atoms with E-state index in [1.54, 1.807) is 6.20 Å². The number of hydrogen-bond donors (Lipinski definition) is 1. The Bertz CT molecular complexity index is 476. The zero-order chi connectivity index (χ0) is 14.8. The van der Waals surface area contributed by atoms with Crippen LogP contribution in [0.1, 0.15) is 50.5 Å². The van der Waals surface area contributed by atoms with Crippen LogP contribution in [0.3, 0.4) is 0 Å². The van der Waals surface area contributed by atoms with Crippen molar-refractivity contribution in [3.63, 3.8) is 0 Å². The second-order valence-corrected chi connectivity index (χ2v) is 6.47. The van der Waals surface area contributed by atoms with Crippen LogP contribution in [-0.4, -0.2) is 41.0 Å². The molecule has 4 nitrogen and oxygen atoms in total. The van der Waals surface area contributed by atoms with Gasteiger partial charge in [-0.1, -0.05) is 13.0 Å². The number of aromatic nitrogens is 1. The van der Waals surface area contributed by atoms with Crippen LogP contribution in [0.5, 0.6) is 0 Å². The number of carbonyl (C=O) groups is 1. The molecule has 3 heterocycles. The average molecular weight is 287 g/mol. The van der Waals surface area contributed by atoms with Gasteiger partial charge in [-0.05, 0) is 50.8 Å². The molecule has 21 heavy (non-hydrogen) atoms. The number of nitrogens with one attached hydrogen (secondary N) is 1. The number of rotatable bonds is 4. The molecule has 0 spiro atoms. The fraction of sp³-hybridized carbons (Fsp3) is 0.647. The third-order valence-corrected chi connectivity index (χ3v) is 5.26. The molecule has 4 heteroatoms. The summed E-state index contributed by atoms with van der Waals surface area (Å²) < 4.78 is 0. The summed E-state index contributed by atoms with van der Waals surface area (Å²) in [6.07, 6.45) is 9.15. The third kappa shape index (κ3) is 2.95. The van der Waals surface area contributed by atoms with Crippen LogP contribution in [0.2, 0.25) is 0 Å². The standard InChI is InChI=1S/C17H25N3O/c1-3-16(12-5-4-8-18-11-12)17(21)19-13-9-14-6-7-15(10-13)20(14)2/h4-5,8,11,13-16H,3,6-7,9-10H2,1-2H3,(H,19,21). The van der Waals surface area contributed by atoms with Crippen molar-refractivity contribution in [2.75, 3.05) is 7.05 Å². The lowest BCUT2D eigenvalue weighted by Gasteiger charge is -2.37. The van der Waals surface area contributed by atoms with Gasteiger partial charge in [-0.15, -0.1) is 0 Å². The van der Waals surface area contributed by atoms with Gasteiger partial charge >= 0.3 is 0 Å². The lowest BCUT2D eigenvalue weighted by atomic mass is 9.94. The second kappa shape index (κ2) is 6.14. The van der Waals surface area contributed by atoms with Gasteiger partial charge in [-0.25, -0.2) is 0 Å². The Labute approximate surface area is 126 Å². The Hall–Kier alpha value is -1.42. The van der Waals surface area contributed by atoms with Crippen molar-refractivity contribution < 1.29 is 4.79 Å². The molecule has 114 valence electrons. The second-order valence-electron chi connectivity index (χ2n) is 6.47. The van der Waals surface area contributed by atoms with Gasteiger partial charge in [0.2, 0.25) is 5.91 Å². The Morgan fingerprint density at radius 2 is 2.14 bits per heavy atom. The zero-order valence-corrected chi connectivity index (χ0v) is 13.0. The molecule has 1 N–H and O–H groups in total. The van der Waals surface area contributed by atoms with Crippen LogP contribution in [0.15, 0.2) is 24.5 Å². The van der Waals surface area contributed by atoms with Crippen molar-refractivity contribution in [1.29, 1.82) is 0 Å². The van der Waals surface area contributed by atoms with Crippen LogP contribution in [0, 0.1) is 0 Å². The van der Waals surface area contributed by atoms with E-state index in [0.717, 1.165) is 24.8 Å². The lowest BCUT2D eigenvalue weighted by Crippen LogP contribution is -2.49. The normalized spacial score (nSPS) is 30.1. The van der Waals surface area contributed by atoms with Crippen molar-refractivity contribution in [3.05, 3.63) is 30.1 Å². The molecule has 3 unspecified atom stereocenters. The summed E-state index contributed by atoms with van der Waals surface area (Å²) in [7, 11) is 2.23. The van der Waals surface area contributed by atoms with Crippen LogP contribution >= 0.6 is 0 Å². The van der Waals surface area contributed by atoms with Gasteiger partial charge in [0.05, 0.1) is 5.92 Å². The highest BCUT2D eigenvalue weighted by atomic mass is 16.1. The monoisotopic (exact) mass is 287 g/mol. The fourth-order valence-corrected chi connectivity index (χ4v) is 3.99. The van der Waals surface area contributed by atoms with E-state index in [9.17, 15) is 4.79 Å². The van der Waals surface area contributed by atoms with Gasteiger partial charge in [0.15, 0.2) is 0 Å². The average Bonchev–Trinajstić information content (AvgIpc) is 2.72. The van der Waals surface area contributed by atoms with Gasteiger partial charge in [0.25, 0.3) is 0 Å². The molecule has 1 aromatic heterocycles. The smallest absolute Gasteiger partial charge is 0.227 e. The first-order chi connectivity index (χ1) is 10.2. The van der Waals surface area contributed by atoms with Crippen LogP contribution < -0.4 is 5.32 Å². The van der Waals surface area contributed by atoms with E-state index in [4.69, 9.17) is 0 Å². The van der Waals surface area contributed by atoms with Crippen molar-refractivity contribution in [3.8, 4) is 0 Å². The molecule has 0 aliphatic carbocycles. The van der Waals surface area contributed by atoms with Crippen LogP contribution in [0.25, 0.3) is 0 Å². The molecular formula is C17H25N3O. The summed E-state index contributed by atoms with van der Waals surface area (Å²) in [5.41, 5.74) is 1.02. The van der Waals surface area contributed by atoms with Gasteiger partial charge in [0, 0.05) is 30.5 Å². The van der Waals surface area contributed by atoms with Gasteiger partial charge < -0.3 is 10.2 Å². The predicted molar refractivity (Wildman–Crippen MR) is 83.0 cm³/mol. The van der Waals surface area contributed by atoms with Gasteiger partial charge in [0.1, 0.15) is 0 Å². The number of amides is 1. The molecule has 3 atom stereocenters. The number of carbonyl (C=O) groups excluding carboxylic acids is 1. The van der Waals surface area contributed by atoms with Gasteiger partial charge in [-0.3, -0.25) is 9.78 Å². The highest BCUT2D eigenvalue weighted by Gasteiger charge is 2.39. The number of hydrogen-bond acceptors (Lipinski definition) is 3. The first-order valence-electron chi connectivity index (χ1n) is 8.11. The molecule has 0 saturated carbocycles. The topological polar surface area (TPSA) is 45.2 Å². The Kier molecular flexibility index (Phi) is 4.24. The van der Waals surface area contributed by atoms with E-state index in [1.165, 1.54) is 12.8 Å². The van der Waals surface area contributed by atoms with Gasteiger partial charge in [-0.2, -0.15) is 0 Å². The van der Waals surface area contributed by atoms with E-state index in [-0.39, 0.29) is 11.8 Å². The lowest BCUT2D eigenvalue weighted by molar-refractivity contribution is -0.123. The molecule has 0 aromatic carbocycles. The minimum atomic E-state index is -0.0731. The fourth-order valence-electron chi connectivity index (χ4n) is 3.99. The summed E-state index contributed by atoms with van der Waals surface area (Å²) >= 11 is 0. The number of piperidine rings is 1. The maximum Gasteiger partial charge on any atom is 0.227 e. The summed E-state index contributed by atoms with van der Waals surface area (Å²) in [6.45, 7) is 2.07. The maximum absolute atomic E-state index is 12.6. The molecular weight excluding hydrogens is 262 g/mol. The Balaban J connectivity index is 1.63. The summed E-state index contributed by atoms with van der Waals surface area (Å²) in [5, 5.41) is 3.30. The van der Waals surface area contributed by atoms with Crippen LogP contribution in [-0.2, 0) is 4.79 Å². The number of pyridine rings is 1. The number of fused-ring (bicyclic) bond motifs is 2. The van der Waals surface area contributed by atoms with E-state index in [0.29, 0.717) is 18.1 Å². The minimum Gasteiger partial charge on any atom is -0.353 e. The van der Waals surface area contributed by atoms with E-state index in [1.807, 2.05) is 18.3 Å². The molecule has 3 rings (SSSR count). The van der Waals surface area contributed by atoms with Crippen molar-refractivity contribution >= 4 is 5.91 Å².